The second kappa shape index (κ2) is 6.47. The minimum absolute atomic E-state index is 0.303. The van der Waals surface area contributed by atoms with Gasteiger partial charge in [-0.3, -0.25) is 0 Å². The summed E-state index contributed by atoms with van der Waals surface area (Å²) < 4.78 is 10.3. The molecule has 1 aromatic carbocycles. The molecule has 0 saturated carbocycles. The number of esters is 1. The average molecular weight is 258 g/mol. The highest BCUT2D eigenvalue weighted by molar-refractivity contribution is 6.31. The minimum Gasteiger partial charge on any atom is -0.457 e. The van der Waals surface area contributed by atoms with E-state index < -0.39 is 5.97 Å². The molecule has 2 N–H and O–H groups in total. The first-order chi connectivity index (χ1) is 8.02. The van der Waals surface area contributed by atoms with Crippen molar-refractivity contribution in [2.75, 3.05) is 18.9 Å². The highest BCUT2D eigenvalue weighted by Gasteiger charge is 2.13. The van der Waals surface area contributed by atoms with Gasteiger partial charge in [-0.1, -0.05) is 11.6 Å². The van der Waals surface area contributed by atoms with Gasteiger partial charge in [0.2, 0.25) is 0 Å². The van der Waals surface area contributed by atoms with Crippen molar-refractivity contribution in [1.29, 1.82) is 0 Å². The van der Waals surface area contributed by atoms with Crippen LogP contribution in [0.15, 0.2) is 18.2 Å². The van der Waals surface area contributed by atoms with Gasteiger partial charge in [-0.25, -0.2) is 4.79 Å². The van der Waals surface area contributed by atoms with E-state index in [1.807, 2.05) is 6.92 Å². The van der Waals surface area contributed by atoms with E-state index in [-0.39, 0.29) is 6.10 Å². The molecule has 4 nitrogen and oxygen atoms in total. The van der Waals surface area contributed by atoms with Gasteiger partial charge in [0.05, 0.1) is 12.2 Å². The lowest BCUT2D eigenvalue weighted by atomic mass is 10.2. The maximum absolute atomic E-state index is 11.7. The average Bonchev–Trinajstić information content (AvgIpc) is 2.25. The first kappa shape index (κ1) is 13.8. The van der Waals surface area contributed by atoms with Crippen molar-refractivity contribution in [3.63, 3.8) is 0 Å². The molecule has 5 heteroatoms. The third-order valence-electron chi connectivity index (χ3n) is 2.02. The Kier molecular flexibility index (Phi) is 5.25. The van der Waals surface area contributed by atoms with Gasteiger partial charge in [0.1, 0.15) is 6.10 Å². The van der Waals surface area contributed by atoms with Crippen LogP contribution in [0.4, 0.5) is 5.69 Å². The smallest absolute Gasteiger partial charge is 0.338 e. The summed E-state index contributed by atoms with van der Waals surface area (Å²) in [7, 11) is 0. The number of benzene rings is 1. The quantitative estimate of drug-likeness (QED) is 0.650. The highest BCUT2D eigenvalue weighted by Crippen LogP contribution is 2.17. The van der Waals surface area contributed by atoms with E-state index in [4.69, 9.17) is 26.8 Å². The second-order valence-corrected chi connectivity index (χ2v) is 4.09. The molecule has 1 rings (SSSR count). The largest absolute Gasteiger partial charge is 0.457 e. The summed E-state index contributed by atoms with van der Waals surface area (Å²) >= 11 is 5.80. The zero-order valence-corrected chi connectivity index (χ0v) is 10.7. The van der Waals surface area contributed by atoms with Crippen LogP contribution in [0, 0.1) is 0 Å². The number of hydrogen-bond donors (Lipinski definition) is 1. The lowest BCUT2D eigenvalue weighted by molar-refractivity contribution is 0.00440. The zero-order chi connectivity index (χ0) is 12.8. The number of nitrogen functional groups attached to an aromatic ring is 1. The van der Waals surface area contributed by atoms with Gasteiger partial charge >= 0.3 is 5.97 Å². The fourth-order valence-electron chi connectivity index (χ4n) is 1.30. The predicted octanol–water partition coefficient (Wildman–Crippen LogP) is 2.50. The molecule has 94 valence electrons. The van der Waals surface area contributed by atoms with E-state index in [2.05, 4.69) is 0 Å². The van der Waals surface area contributed by atoms with Gasteiger partial charge in [-0.2, -0.15) is 0 Å². The maximum Gasteiger partial charge on any atom is 0.338 e. The van der Waals surface area contributed by atoms with Gasteiger partial charge in [0.25, 0.3) is 0 Å². The summed E-state index contributed by atoms with van der Waals surface area (Å²) in [6, 6.07) is 4.62. The number of nitrogens with two attached hydrogens (primary N) is 1. The number of hydrogen-bond acceptors (Lipinski definition) is 4. The Balaban J connectivity index is 2.63. The molecule has 0 aromatic heterocycles. The van der Waals surface area contributed by atoms with Crippen LogP contribution in [0.5, 0.6) is 0 Å². The standard InChI is InChI=1S/C12H16ClNO3/c1-3-16-7-8(2)17-12(15)9-4-10(13)6-11(14)5-9/h4-6,8H,3,7,14H2,1-2H3. The SMILES string of the molecule is CCOCC(C)OC(=O)c1cc(N)cc(Cl)c1. The lowest BCUT2D eigenvalue weighted by Crippen LogP contribution is -2.20. The Morgan fingerprint density at radius 3 is 2.76 bits per heavy atom. The van der Waals surface area contributed by atoms with Gasteiger partial charge in [-0.15, -0.1) is 0 Å². The number of ether oxygens (including phenoxy) is 2. The van der Waals surface area contributed by atoms with Crippen LogP contribution in [0.3, 0.4) is 0 Å². The van der Waals surface area contributed by atoms with Crippen molar-refractivity contribution in [3.8, 4) is 0 Å². The van der Waals surface area contributed by atoms with E-state index in [1.54, 1.807) is 13.0 Å². The third kappa shape index (κ3) is 4.63. The highest BCUT2D eigenvalue weighted by atomic mass is 35.5. The van der Waals surface area contributed by atoms with Crippen LogP contribution in [0.25, 0.3) is 0 Å². The molecule has 0 fully saturated rings. The molecule has 0 heterocycles. The molecule has 1 aromatic rings. The molecule has 1 unspecified atom stereocenters. The summed E-state index contributed by atoms with van der Waals surface area (Å²) in [5, 5.41) is 0.411. The van der Waals surface area contributed by atoms with Crippen molar-refractivity contribution in [1.82, 2.24) is 0 Å². The Morgan fingerprint density at radius 1 is 1.47 bits per heavy atom. The summed E-state index contributed by atoms with van der Waals surface area (Å²) in [5.41, 5.74) is 6.37. The Hall–Kier alpha value is -1.26. The van der Waals surface area contributed by atoms with Crippen molar-refractivity contribution in [2.45, 2.75) is 20.0 Å². The van der Waals surface area contributed by atoms with Crippen LogP contribution in [-0.2, 0) is 9.47 Å². The van der Waals surface area contributed by atoms with Gasteiger partial charge in [0, 0.05) is 17.3 Å². The minimum atomic E-state index is -0.452. The normalized spacial score (nSPS) is 12.2. The monoisotopic (exact) mass is 257 g/mol. The molecule has 0 saturated heterocycles. The first-order valence-electron chi connectivity index (χ1n) is 5.37. The summed E-state index contributed by atoms with van der Waals surface area (Å²) in [6.45, 7) is 4.61. The Bertz CT molecular complexity index is 375. The number of rotatable bonds is 5. The third-order valence-corrected chi connectivity index (χ3v) is 2.24. The Morgan fingerprint density at radius 2 is 2.18 bits per heavy atom. The van der Waals surface area contributed by atoms with Crippen LogP contribution in [0.2, 0.25) is 5.02 Å². The van der Waals surface area contributed by atoms with Crippen LogP contribution in [-0.4, -0.2) is 25.3 Å². The van der Waals surface area contributed by atoms with Crippen LogP contribution < -0.4 is 5.73 Å². The van der Waals surface area contributed by atoms with Crippen molar-refractivity contribution in [2.24, 2.45) is 0 Å². The maximum atomic E-state index is 11.7. The van der Waals surface area contributed by atoms with E-state index in [1.165, 1.54) is 12.1 Å². The molecule has 17 heavy (non-hydrogen) atoms. The molecule has 0 bridgehead atoms. The molecular weight excluding hydrogens is 242 g/mol. The Labute approximate surface area is 106 Å². The van der Waals surface area contributed by atoms with Crippen LogP contribution >= 0.6 is 11.6 Å². The molecule has 0 aliphatic rings. The van der Waals surface area contributed by atoms with Gasteiger partial charge in [-0.05, 0) is 32.0 Å². The molecular formula is C12H16ClNO3. The second-order valence-electron chi connectivity index (χ2n) is 3.65. The van der Waals surface area contributed by atoms with E-state index >= 15 is 0 Å². The first-order valence-corrected chi connectivity index (χ1v) is 5.75. The topological polar surface area (TPSA) is 61.5 Å². The molecule has 0 aliphatic heterocycles. The van der Waals surface area contributed by atoms with Crippen molar-refractivity contribution >= 4 is 23.3 Å². The molecule has 0 spiro atoms. The predicted molar refractivity (Wildman–Crippen MR) is 67.2 cm³/mol. The number of carbonyl (C=O) groups is 1. The molecule has 0 radical (unpaired) electrons. The molecule has 0 aliphatic carbocycles. The van der Waals surface area contributed by atoms with E-state index in [0.29, 0.717) is 29.5 Å². The van der Waals surface area contributed by atoms with Gasteiger partial charge < -0.3 is 15.2 Å². The summed E-state index contributed by atoms with van der Waals surface area (Å²) in [4.78, 5) is 11.7. The zero-order valence-electron chi connectivity index (χ0n) is 9.90. The van der Waals surface area contributed by atoms with E-state index in [9.17, 15) is 4.79 Å². The van der Waals surface area contributed by atoms with Crippen LogP contribution in [0.1, 0.15) is 24.2 Å². The fourth-order valence-corrected chi connectivity index (χ4v) is 1.54. The van der Waals surface area contributed by atoms with Crippen molar-refractivity contribution in [3.05, 3.63) is 28.8 Å². The number of anilines is 1. The fraction of sp³-hybridized carbons (Fsp3) is 0.417. The molecule has 0 amide bonds. The summed E-state index contributed by atoms with van der Waals surface area (Å²) in [5.74, 6) is -0.452. The number of carbonyl (C=O) groups excluding carboxylic acids is 1. The van der Waals surface area contributed by atoms with Crippen molar-refractivity contribution < 1.29 is 14.3 Å². The molecule has 1 atom stereocenters. The van der Waals surface area contributed by atoms with Gasteiger partial charge in [0.15, 0.2) is 0 Å². The number of halogens is 1. The van der Waals surface area contributed by atoms with E-state index in [0.717, 1.165) is 0 Å². The lowest BCUT2D eigenvalue weighted by Gasteiger charge is -2.13. The summed E-state index contributed by atoms with van der Waals surface area (Å²) in [6.07, 6.45) is -0.303.